The number of hydrogen-bond donors (Lipinski definition) is 0. The molecule has 4 rings (SSSR count). The molecule has 3 fully saturated rings. The molecule has 25 heavy (non-hydrogen) atoms. The van der Waals surface area contributed by atoms with Crippen molar-refractivity contribution in [3.05, 3.63) is 23.8 Å². The maximum absolute atomic E-state index is 6.23. The van der Waals surface area contributed by atoms with Gasteiger partial charge in [-0.15, -0.1) is 6.42 Å². The second-order valence-corrected chi connectivity index (χ2v) is 7.39. The average Bonchev–Trinajstić information content (AvgIpc) is 3.29. The summed E-state index contributed by atoms with van der Waals surface area (Å²) in [5.74, 6) is 5.01. The monoisotopic (exact) mass is 342 g/mol. The Hall–Kier alpha value is -1.70. The van der Waals surface area contributed by atoms with Crippen molar-refractivity contribution in [3.8, 4) is 23.8 Å². The minimum Gasteiger partial charge on any atom is -0.493 e. The van der Waals surface area contributed by atoms with E-state index in [2.05, 4.69) is 18.1 Å². The summed E-state index contributed by atoms with van der Waals surface area (Å²) in [5.41, 5.74) is 0.887. The molecule has 0 unspecified atom stereocenters. The number of hydrogen-bond acceptors (Lipinski definition) is 4. The third kappa shape index (κ3) is 3.12. The second-order valence-electron chi connectivity index (χ2n) is 7.39. The van der Waals surface area contributed by atoms with Gasteiger partial charge in [0.05, 0.1) is 31.8 Å². The van der Waals surface area contributed by atoms with E-state index >= 15 is 0 Å². The third-order valence-electron chi connectivity index (χ3n) is 5.84. The van der Waals surface area contributed by atoms with Gasteiger partial charge in [0, 0.05) is 5.92 Å². The minimum absolute atomic E-state index is 0.0890. The smallest absolute Gasteiger partial charge is 0.161 e. The van der Waals surface area contributed by atoms with Crippen LogP contribution in [-0.4, -0.2) is 32.7 Å². The normalized spacial score (nSPS) is 30.0. The van der Waals surface area contributed by atoms with Gasteiger partial charge in [0.1, 0.15) is 0 Å². The minimum atomic E-state index is -0.250. The summed E-state index contributed by atoms with van der Waals surface area (Å²) >= 11 is 0. The van der Waals surface area contributed by atoms with Crippen LogP contribution >= 0.6 is 0 Å². The van der Waals surface area contributed by atoms with Gasteiger partial charge in [0.15, 0.2) is 17.8 Å². The van der Waals surface area contributed by atoms with Crippen molar-refractivity contribution < 1.29 is 18.9 Å². The van der Waals surface area contributed by atoms with Gasteiger partial charge in [0.25, 0.3) is 0 Å². The van der Waals surface area contributed by atoms with E-state index in [0.29, 0.717) is 25.2 Å². The van der Waals surface area contributed by atoms with Crippen LogP contribution in [0.3, 0.4) is 0 Å². The zero-order chi connectivity index (χ0) is 17.3. The number of methoxy groups -OCH3 is 1. The first-order chi connectivity index (χ1) is 12.2. The largest absolute Gasteiger partial charge is 0.493 e. The molecule has 0 spiro atoms. The number of benzene rings is 1. The molecule has 0 amide bonds. The van der Waals surface area contributed by atoms with Crippen molar-refractivity contribution >= 4 is 0 Å². The first-order valence-electron chi connectivity index (χ1n) is 9.30. The summed E-state index contributed by atoms with van der Waals surface area (Å²) in [5, 5.41) is 0. The van der Waals surface area contributed by atoms with E-state index in [4.69, 9.17) is 25.4 Å². The van der Waals surface area contributed by atoms with E-state index < -0.39 is 0 Å². The fraction of sp³-hybridized carbons (Fsp3) is 0.619. The van der Waals surface area contributed by atoms with Crippen molar-refractivity contribution in [1.82, 2.24) is 0 Å². The molecule has 0 aromatic heterocycles. The van der Waals surface area contributed by atoms with Crippen LogP contribution in [0.4, 0.5) is 0 Å². The second kappa shape index (κ2) is 6.90. The molecule has 0 N–H and O–H groups in total. The quantitative estimate of drug-likeness (QED) is 0.765. The zero-order valence-corrected chi connectivity index (χ0v) is 14.8. The highest BCUT2D eigenvalue weighted by molar-refractivity contribution is 5.49. The molecule has 1 aromatic rings. The maximum atomic E-state index is 6.23. The molecule has 4 heteroatoms. The van der Waals surface area contributed by atoms with Crippen molar-refractivity contribution in [2.75, 3.05) is 20.3 Å². The van der Waals surface area contributed by atoms with Crippen LogP contribution in [0, 0.1) is 18.3 Å². The fourth-order valence-corrected chi connectivity index (χ4v) is 4.37. The first kappa shape index (κ1) is 16.8. The summed E-state index contributed by atoms with van der Waals surface area (Å²) in [7, 11) is 1.68. The Bertz CT molecular complexity index is 644. The molecule has 0 atom stereocenters. The summed E-state index contributed by atoms with van der Waals surface area (Å²) in [6.45, 7) is 1.37. The number of terminal acetylenes is 1. The van der Waals surface area contributed by atoms with Gasteiger partial charge in [-0.25, -0.2) is 0 Å². The van der Waals surface area contributed by atoms with E-state index in [1.807, 2.05) is 6.07 Å². The summed E-state index contributed by atoms with van der Waals surface area (Å²) in [4.78, 5) is 0. The average molecular weight is 342 g/mol. The Labute approximate surface area is 149 Å². The third-order valence-corrected chi connectivity index (χ3v) is 5.84. The highest BCUT2D eigenvalue weighted by Crippen LogP contribution is 2.51. The number of rotatable bonds is 5. The fourth-order valence-electron chi connectivity index (χ4n) is 4.37. The molecule has 1 aromatic carbocycles. The van der Waals surface area contributed by atoms with Crippen LogP contribution in [0.1, 0.15) is 44.1 Å². The molecule has 4 nitrogen and oxygen atoms in total. The predicted molar refractivity (Wildman–Crippen MR) is 94.8 cm³/mol. The van der Waals surface area contributed by atoms with Crippen molar-refractivity contribution in [3.63, 3.8) is 0 Å². The number of ether oxygens (including phenoxy) is 4. The van der Waals surface area contributed by atoms with Gasteiger partial charge in [-0.1, -0.05) is 12.0 Å². The van der Waals surface area contributed by atoms with E-state index in [1.165, 1.54) is 12.8 Å². The Balaban J connectivity index is 1.53. The van der Waals surface area contributed by atoms with Gasteiger partial charge < -0.3 is 18.9 Å². The molecule has 0 bridgehead atoms. The van der Waals surface area contributed by atoms with E-state index in [0.717, 1.165) is 42.7 Å². The van der Waals surface area contributed by atoms with Crippen molar-refractivity contribution in [2.24, 2.45) is 5.92 Å². The maximum Gasteiger partial charge on any atom is 0.161 e. The molecule has 2 saturated carbocycles. The SMILES string of the molecule is C#CC1(c2ccc(OC)c(OC3CCCC3)c2)CC(C2OCCO2)C1. The van der Waals surface area contributed by atoms with Crippen LogP contribution in [-0.2, 0) is 14.9 Å². The molecule has 0 radical (unpaired) electrons. The van der Waals surface area contributed by atoms with E-state index in [9.17, 15) is 0 Å². The van der Waals surface area contributed by atoms with Crippen LogP contribution in [0.15, 0.2) is 18.2 Å². The lowest BCUT2D eigenvalue weighted by atomic mass is 9.59. The van der Waals surface area contributed by atoms with Gasteiger partial charge in [-0.2, -0.15) is 0 Å². The lowest BCUT2D eigenvalue weighted by Crippen LogP contribution is -2.45. The Morgan fingerprint density at radius 3 is 2.48 bits per heavy atom. The highest BCUT2D eigenvalue weighted by Gasteiger charge is 2.49. The predicted octanol–water partition coefficient (Wildman–Crippen LogP) is 3.67. The Morgan fingerprint density at radius 1 is 1.12 bits per heavy atom. The summed E-state index contributed by atoms with van der Waals surface area (Å²) < 4.78 is 23.0. The summed E-state index contributed by atoms with van der Waals surface area (Å²) in [6, 6.07) is 6.14. The molecule has 3 aliphatic rings. The van der Waals surface area contributed by atoms with E-state index in [1.54, 1.807) is 7.11 Å². The van der Waals surface area contributed by atoms with Gasteiger partial charge in [0.2, 0.25) is 0 Å². The van der Waals surface area contributed by atoms with Crippen LogP contribution in [0.25, 0.3) is 0 Å². The van der Waals surface area contributed by atoms with Crippen LogP contribution < -0.4 is 9.47 Å². The zero-order valence-electron chi connectivity index (χ0n) is 14.8. The lowest BCUT2D eigenvalue weighted by molar-refractivity contribution is -0.118. The molecule has 1 aliphatic heterocycles. The molecule has 1 heterocycles. The van der Waals surface area contributed by atoms with Crippen molar-refractivity contribution in [2.45, 2.75) is 56.3 Å². The standard InChI is InChI=1S/C21H26O4/c1-3-21(13-15(14-21)20-23-10-11-24-20)16-8-9-18(22-2)19(12-16)25-17-6-4-5-7-17/h1,8-9,12,15,17,20H,4-7,10-11,13-14H2,2H3. The molecule has 1 saturated heterocycles. The molecular weight excluding hydrogens is 316 g/mol. The Morgan fingerprint density at radius 2 is 1.84 bits per heavy atom. The van der Waals surface area contributed by atoms with Gasteiger partial charge in [-0.3, -0.25) is 0 Å². The van der Waals surface area contributed by atoms with Gasteiger partial charge >= 0.3 is 0 Å². The molecule has 2 aliphatic carbocycles. The highest BCUT2D eigenvalue weighted by atomic mass is 16.7. The lowest BCUT2D eigenvalue weighted by Gasteiger charge is -2.46. The van der Waals surface area contributed by atoms with Crippen LogP contribution in [0.5, 0.6) is 11.5 Å². The van der Waals surface area contributed by atoms with Crippen molar-refractivity contribution in [1.29, 1.82) is 0 Å². The Kier molecular flexibility index (Phi) is 4.62. The van der Waals surface area contributed by atoms with Crippen LogP contribution in [0.2, 0.25) is 0 Å². The van der Waals surface area contributed by atoms with Gasteiger partial charge in [-0.05, 0) is 56.2 Å². The topological polar surface area (TPSA) is 36.9 Å². The van der Waals surface area contributed by atoms with E-state index in [-0.39, 0.29) is 11.7 Å². The summed E-state index contributed by atoms with van der Waals surface area (Å²) in [6.07, 6.45) is 12.6. The molecular formula is C21H26O4. The first-order valence-corrected chi connectivity index (χ1v) is 9.30. The molecule has 134 valence electrons.